The summed E-state index contributed by atoms with van der Waals surface area (Å²) in [7, 11) is -0.676. The number of sulfonamides is 1. The highest BCUT2D eigenvalue weighted by atomic mass is 32.2. The maximum Gasteiger partial charge on any atom is 0.244 e. The van der Waals surface area contributed by atoms with Gasteiger partial charge in [-0.15, -0.1) is 0 Å². The Morgan fingerprint density at radius 3 is 2.35 bits per heavy atom. The Labute approximate surface area is 137 Å². The van der Waals surface area contributed by atoms with Gasteiger partial charge in [0.15, 0.2) is 0 Å². The van der Waals surface area contributed by atoms with Crippen molar-refractivity contribution in [1.29, 1.82) is 0 Å². The Morgan fingerprint density at radius 1 is 1.04 bits per heavy atom. The minimum atomic E-state index is -3.68. The van der Waals surface area contributed by atoms with Gasteiger partial charge in [-0.1, -0.05) is 36.4 Å². The third-order valence-corrected chi connectivity index (χ3v) is 5.10. The van der Waals surface area contributed by atoms with Gasteiger partial charge in [0.05, 0.1) is 13.2 Å². The fourth-order valence-corrected chi connectivity index (χ4v) is 3.57. The maximum atomic E-state index is 12.5. The first-order chi connectivity index (χ1) is 11.0. The third kappa shape index (κ3) is 4.10. The molecule has 0 aliphatic carbocycles. The average molecular weight is 335 g/mol. The van der Waals surface area contributed by atoms with Crippen molar-refractivity contribution >= 4 is 10.0 Å². The van der Waals surface area contributed by atoms with Gasteiger partial charge in [0.25, 0.3) is 0 Å². The summed E-state index contributed by atoms with van der Waals surface area (Å²) in [5.74, 6) is 0.310. The summed E-state index contributed by atoms with van der Waals surface area (Å²) >= 11 is 0. The molecule has 0 amide bonds. The molecule has 6 heteroatoms. The molecule has 0 aliphatic rings. The van der Waals surface area contributed by atoms with Gasteiger partial charge >= 0.3 is 0 Å². The summed E-state index contributed by atoms with van der Waals surface area (Å²) in [5.41, 5.74) is 2.01. The lowest BCUT2D eigenvalue weighted by atomic mass is 10.0. The molecule has 0 fully saturated rings. The zero-order valence-electron chi connectivity index (χ0n) is 13.4. The van der Waals surface area contributed by atoms with E-state index in [4.69, 9.17) is 9.47 Å². The number of rotatable bonds is 7. The molecule has 2 aromatic carbocycles. The Balaban J connectivity index is 2.19. The fourth-order valence-electron chi connectivity index (χ4n) is 2.37. The molecule has 1 atom stereocenters. The van der Waals surface area contributed by atoms with Crippen LogP contribution in [0.3, 0.4) is 0 Å². The molecule has 5 nitrogen and oxygen atoms in total. The van der Waals surface area contributed by atoms with Crippen molar-refractivity contribution in [2.75, 3.05) is 20.8 Å². The number of aryl methyl sites for hydroxylation is 1. The predicted molar refractivity (Wildman–Crippen MR) is 89.1 cm³/mol. The average Bonchev–Trinajstić information content (AvgIpc) is 2.56. The fraction of sp³-hybridized carbons (Fsp3) is 0.294. The smallest absolute Gasteiger partial charge is 0.244 e. The first-order valence-corrected chi connectivity index (χ1v) is 8.69. The number of methoxy groups -OCH3 is 2. The van der Waals surface area contributed by atoms with Crippen LogP contribution < -0.4 is 9.46 Å². The molecule has 1 N–H and O–H groups in total. The van der Waals surface area contributed by atoms with Gasteiger partial charge in [0.1, 0.15) is 10.6 Å². The SMILES string of the molecule is COc1ccccc1S(=O)(=O)NC[C@H](OC)c1ccccc1C. The topological polar surface area (TPSA) is 64.6 Å². The summed E-state index contributed by atoms with van der Waals surface area (Å²) < 4.78 is 38.2. The summed E-state index contributed by atoms with van der Waals surface area (Å²) in [6, 6.07) is 14.3. The molecular formula is C17H21NO4S. The van der Waals surface area contributed by atoms with Crippen LogP contribution in [0.15, 0.2) is 53.4 Å². The second-order valence-corrected chi connectivity index (χ2v) is 6.82. The van der Waals surface area contributed by atoms with Crippen molar-refractivity contribution in [2.45, 2.75) is 17.9 Å². The van der Waals surface area contributed by atoms with Gasteiger partial charge in [-0.2, -0.15) is 0 Å². The lowest BCUT2D eigenvalue weighted by Crippen LogP contribution is -2.29. The minimum absolute atomic E-state index is 0.113. The number of ether oxygens (including phenoxy) is 2. The van der Waals surface area contributed by atoms with E-state index in [2.05, 4.69) is 4.72 Å². The van der Waals surface area contributed by atoms with Crippen molar-refractivity contribution in [1.82, 2.24) is 4.72 Å². The first-order valence-electron chi connectivity index (χ1n) is 7.20. The van der Waals surface area contributed by atoms with Crippen LogP contribution in [0.4, 0.5) is 0 Å². The highest BCUT2D eigenvalue weighted by molar-refractivity contribution is 7.89. The van der Waals surface area contributed by atoms with E-state index in [1.807, 2.05) is 31.2 Å². The van der Waals surface area contributed by atoms with Crippen molar-refractivity contribution in [3.63, 3.8) is 0 Å². The van der Waals surface area contributed by atoms with E-state index in [0.717, 1.165) is 11.1 Å². The van der Waals surface area contributed by atoms with Crippen LogP contribution >= 0.6 is 0 Å². The van der Waals surface area contributed by atoms with Gasteiger partial charge in [0, 0.05) is 13.7 Å². The van der Waals surface area contributed by atoms with E-state index in [-0.39, 0.29) is 17.5 Å². The van der Waals surface area contributed by atoms with Crippen LogP contribution in [0.2, 0.25) is 0 Å². The third-order valence-electron chi connectivity index (χ3n) is 3.64. The minimum Gasteiger partial charge on any atom is -0.495 e. The molecule has 0 radical (unpaired) electrons. The summed E-state index contributed by atoms with van der Waals surface area (Å²) in [6.45, 7) is 2.11. The molecule has 124 valence electrons. The quantitative estimate of drug-likeness (QED) is 0.845. The molecular weight excluding hydrogens is 314 g/mol. The van der Waals surface area contributed by atoms with E-state index in [1.165, 1.54) is 13.2 Å². The standard InChI is InChI=1S/C17H21NO4S/c1-13-8-4-5-9-14(13)16(22-3)12-18-23(19,20)17-11-7-6-10-15(17)21-2/h4-11,16,18H,12H2,1-3H3/t16-/m0/s1. The largest absolute Gasteiger partial charge is 0.495 e. The number of nitrogens with one attached hydrogen (secondary N) is 1. The first kappa shape index (κ1) is 17.5. The molecule has 2 aromatic rings. The Bertz CT molecular complexity index is 759. The van der Waals surface area contributed by atoms with Gasteiger partial charge in [-0.05, 0) is 30.2 Å². The summed E-state index contributed by atoms with van der Waals surface area (Å²) in [6.07, 6.45) is -0.360. The monoisotopic (exact) mass is 335 g/mol. The van der Waals surface area contributed by atoms with E-state index in [9.17, 15) is 8.42 Å². The van der Waals surface area contributed by atoms with Gasteiger partial charge in [-0.25, -0.2) is 13.1 Å². The highest BCUT2D eigenvalue weighted by Gasteiger charge is 2.21. The lowest BCUT2D eigenvalue weighted by Gasteiger charge is -2.19. The zero-order chi connectivity index (χ0) is 16.9. The van der Waals surface area contributed by atoms with Crippen molar-refractivity contribution in [2.24, 2.45) is 0 Å². The molecule has 0 unspecified atom stereocenters. The second-order valence-electron chi connectivity index (χ2n) is 5.08. The van der Waals surface area contributed by atoms with Crippen LogP contribution in [0.5, 0.6) is 5.75 Å². The molecule has 0 bridgehead atoms. The van der Waals surface area contributed by atoms with E-state index in [1.54, 1.807) is 25.3 Å². The van der Waals surface area contributed by atoms with Crippen molar-refractivity contribution in [3.05, 3.63) is 59.7 Å². The molecule has 0 spiro atoms. The molecule has 0 saturated heterocycles. The zero-order valence-corrected chi connectivity index (χ0v) is 14.3. The van der Waals surface area contributed by atoms with Crippen LogP contribution in [-0.4, -0.2) is 29.2 Å². The Morgan fingerprint density at radius 2 is 1.70 bits per heavy atom. The summed E-state index contributed by atoms with van der Waals surface area (Å²) in [5, 5.41) is 0. The highest BCUT2D eigenvalue weighted by Crippen LogP contribution is 2.24. The predicted octanol–water partition coefficient (Wildman–Crippen LogP) is 2.67. The summed E-state index contributed by atoms with van der Waals surface area (Å²) in [4.78, 5) is 0.113. The second kappa shape index (κ2) is 7.59. The Hall–Kier alpha value is -1.89. The van der Waals surface area contributed by atoms with Crippen LogP contribution in [0, 0.1) is 6.92 Å². The van der Waals surface area contributed by atoms with E-state index in [0.29, 0.717) is 5.75 Å². The number of hydrogen-bond acceptors (Lipinski definition) is 4. The van der Waals surface area contributed by atoms with Gasteiger partial charge in [-0.3, -0.25) is 0 Å². The number of benzene rings is 2. The molecule has 0 heterocycles. The maximum absolute atomic E-state index is 12.5. The van der Waals surface area contributed by atoms with Crippen molar-refractivity contribution in [3.8, 4) is 5.75 Å². The molecule has 0 aromatic heterocycles. The van der Waals surface area contributed by atoms with E-state index >= 15 is 0 Å². The van der Waals surface area contributed by atoms with E-state index < -0.39 is 10.0 Å². The Kier molecular flexibility index (Phi) is 5.76. The van der Waals surface area contributed by atoms with Crippen LogP contribution in [-0.2, 0) is 14.8 Å². The van der Waals surface area contributed by atoms with Crippen LogP contribution in [0.25, 0.3) is 0 Å². The lowest BCUT2D eigenvalue weighted by molar-refractivity contribution is 0.107. The molecule has 0 saturated carbocycles. The molecule has 2 rings (SSSR count). The van der Waals surface area contributed by atoms with Crippen molar-refractivity contribution < 1.29 is 17.9 Å². The number of para-hydroxylation sites is 1. The molecule has 23 heavy (non-hydrogen) atoms. The normalized spacial score (nSPS) is 12.8. The van der Waals surface area contributed by atoms with Gasteiger partial charge in [0.2, 0.25) is 10.0 Å². The van der Waals surface area contributed by atoms with Crippen LogP contribution in [0.1, 0.15) is 17.2 Å². The molecule has 0 aliphatic heterocycles. The van der Waals surface area contributed by atoms with Gasteiger partial charge < -0.3 is 9.47 Å². The number of hydrogen-bond donors (Lipinski definition) is 1.